The second-order valence-corrected chi connectivity index (χ2v) is 18.9. The van der Waals surface area contributed by atoms with Crippen LogP contribution in [0.25, 0.3) is 0 Å². The van der Waals surface area contributed by atoms with Gasteiger partial charge in [0.05, 0.1) is 12.6 Å². The molecule has 2 rings (SSSR count). The van der Waals surface area contributed by atoms with Crippen LogP contribution < -0.4 is 0 Å². The minimum atomic E-state index is -1.42. The summed E-state index contributed by atoms with van der Waals surface area (Å²) in [5.74, 6) is -3.32. The Bertz CT molecular complexity index is 1040. The fourth-order valence-corrected chi connectivity index (χ4v) is 6.08. The molecule has 0 saturated carbocycles. The molecule has 0 N–H and O–H groups in total. The van der Waals surface area contributed by atoms with Crippen molar-refractivity contribution in [2.24, 2.45) is 10.9 Å². The summed E-state index contributed by atoms with van der Waals surface area (Å²) in [4.78, 5) is 32.4. The van der Waals surface area contributed by atoms with Crippen molar-refractivity contribution in [3.63, 3.8) is 0 Å². The second kappa shape index (κ2) is 11.4. The highest BCUT2D eigenvalue weighted by atomic mass is 32.2. The molecular weight excluding hydrogens is 518 g/mol. The van der Waals surface area contributed by atoms with Crippen molar-refractivity contribution in [1.82, 2.24) is 4.90 Å². The van der Waals surface area contributed by atoms with Gasteiger partial charge in [-0.2, -0.15) is 0 Å². The van der Waals surface area contributed by atoms with Crippen LogP contribution in [0, 0.1) is 17.6 Å². The van der Waals surface area contributed by atoms with E-state index in [1.54, 1.807) is 41.5 Å². The molecule has 7 nitrogen and oxygen atoms in total. The third-order valence-electron chi connectivity index (χ3n) is 6.45. The van der Waals surface area contributed by atoms with Crippen LogP contribution in [-0.4, -0.2) is 61.0 Å². The van der Waals surface area contributed by atoms with Crippen LogP contribution in [-0.2, 0) is 24.5 Å². The van der Waals surface area contributed by atoms with Gasteiger partial charge in [0, 0.05) is 26.2 Å². The van der Waals surface area contributed by atoms with Gasteiger partial charge in [0.25, 0.3) is 0 Å². The number of carbonyl (C=O) groups excluding carboxylic acids is 2. The molecule has 0 bridgehead atoms. The summed E-state index contributed by atoms with van der Waals surface area (Å²) >= 11 is 1.02. The van der Waals surface area contributed by atoms with Crippen LogP contribution in [0.1, 0.15) is 47.1 Å². The van der Waals surface area contributed by atoms with E-state index in [0.717, 1.165) is 23.9 Å². The van der Waals surface area contributed by atoms with Gasteiger partial charge in [-0.15, -0.1) is 0 Å². The molecule has 0 radical (unpaired) electrons. The quantitative estimate of drug-likeness (QED) is 0.167. The number of carbonyl (C=O) groups is 2. The summed E-state index contributed by atoms with van der Waals surface area (Å²) < 4.78 is 44.7. The number of thioether (sulfide) groups is 1. The molecule has 0 spiro atoms. The molecule has 1 aromatic carbocycles. The summed E-state index contributed by atoms with van der Waals surface area (Å²) in [5, 5.41) is 0.0967. The van der Waals surface area contributed by atoms with Crippen molar-refractivity contribution in [3.8, 4) is 0 Å². The van der Waals surface area contributed by atoms with Crippen LogP contribution in [0.3, 0.4) is 0 Å². The number of aliphatic imine (C=N–C) groups is 1. The van der Waals surface area contributed by atoms with Gasteiger partial charge < -0.3 is 14.2 Å². The molecule has 208 valence electrons. The van der Waals surface area contributed by atoms with E-state index in [-0.39, 0.29) is 17.5 Å². The van der Waals surface area contributed by atoms with Crippen LogP contribution in [0.15, 0.2) is 23.2 Å². The molecule has 0 saturated heterocycles. The van der Waals surface area contributed by atoms with Crippen molar-refractivity contribution in [2.75, 3.05) is 20.4 Å². The normalized spacial score (nSPS) is 24.3. The van der Waals surface area contributed by atoms with Crippen LogP contribution >= 0.6 is 11.8 Å². The Hall–Kier alpha value is -1.98. The highest BCUT2D eigenvalue weighted by Gasteiger charge is 2.56. The number of hydrogen-bond donors (Lipinski definition) is 0. The zero-order valence-electron chi connectivity index (χ0n) is 23.5. The SMILES string of the molecule is COC(=O)[C@@]1(C)SC(N(COCC[Si](C)(C)C)C(=O)OC(C)(C)C)=N[C@](C)(c2cccc(F)c2F)C1C. The Morgan fingerprint density at radius 1 is 1.19 bits per heavy atom. The summed E-state index contributed by atoms with van der Waals surface area (Å²) in [6.45, 7) is 17.1. The molecular formula is C26H40F2N2O5SSi. The molecule has 11 heteroatoms. The van der Waals surface area contributed by atoms with E-state index in [4.69, 9.17) is 19.2 Å². The van der Waals surface area contributed by atoms with Gasteiger partial charge in [-0.25, -0.2) is 18.5 Å². The first-order valence-corrected chi connectivity index (χ1v) is 16.8. The lowest BCUT2D eigenvalue weighted by Crippen LogP contribution is -2.55. The standard InChI is InChI=1S/C26H40F2N2O5SSi/c1-17-25(5,18-12-11-13-19(27)20(18)28)29-22(36-26(17,6)21(31)33-7)30(23(32)35-24(2,3)4)16-34-14-15-37(8,9)10/h11-13,17H,14-16H2,1-10H3/t17?,25-,26-/m0/s1. The lowest BCUT2D eigenvalue weighted by atomic mass is 9.73. The van der Waals surface area contributed by atoms with Gasteiger partial charge in [0.2, 0.25) is 0 Å². The number of hydrogen-bond acceptors (Lipinski definition) is 7. The fourth-order valence-electron chi connectivity index (χ4n) is 3.89. The summed E-state index contributed by atoms with van der Waals surface area (Å²) in [7, 11) is -0.137. The van der Waals surface area contributed by atoms with E-state index in [1.165, 1.54) is 24.1 Å². The number of amides is 1. The lowest BCUT2D eigenvalue weighted by molar-refractivity contribution is -0.145. The predicted octanol–water partition coefficient (Wildman–Crippen LogP) is 6.40. The topological polar surface area (TPSA) is 77.4 Å². The Kier molecular flexibility index (Phi) is 9.63. The zero-order valence-corrected chi connectivity index (χ0v) is 25.3. The number of halogens is 2. The van der Waals surface area contributed by atoms with E-state index in [9.17, 15) is 14.0 Å². The van der Waals surface area contributed by atoms with Gasteiger partial charge in [-0.1, -0.05) is 50.5 Å². The number of ether oxygens (including phenoxy) is 3. The molecule has 1 amide bonds. The first-order chi connectivity index (χ1) is 16.9. The third kappa shape index (κ3) is 7.32. The number of benzene rings is 1. The molecule has 0 aliphatic carbocycles. The van der Waals surface area contributed by atoms with Crippen molar-refractivity contribution in [3.05, 3.63) is 35.4 Å². The fraction of sp³-hybridized carbons (Fsp3) is 0.654. The minimum Gasteiger partial charge on any atom is -0.468 e. The van der Waals surface area contributed by atoms with Gasteiger partial charge >= 0.3 is 12.1 Å². The average Bonchev–Trinajstić information content (AvgIpc) is 2.76. The molecule has 0 fully saturated rings. The van der Waals surface area contributed by atoms with E-state index < -0.39 is 53.6 Å². The van der Waals surface area contributed by atoms with Crippen LogP contribution in [0.2, 0.25) is 25.7 Å². The highest BCUT2D eigenvalue weighted by Crippen LogP contribution is 2.52. The van der Waals surface area contributed by atoms with Crippen molar-refractivity contribution in [2.45, 2.75) is 83.1 Å². The Morgan fingerprint density at radius 2 is 1.81 bits per heavy atom. The smallest absolute Gasteiger partial charge is 0.418 e. The highest BCUT2D eigenvalue weighted by molar-refractivity contribution is 8.15. The predicted molar refractivity (Wildman–Crippen MR) is 145 cm³/mol. The van der Waals surface area contributed by atoms with Gasteiger partial charge in [0.15, 0.2) is 16.8 Å². The van der Waals surface area contributed by atoms with Gasteiger partial charge in [-0.05, 0) is 46.7 Å². The molecule has 1 heterocycles. The molecule has 1 unspecified atom stereocenters. The maximum Gasteiger partial charge on any atom is 0.418 e. The summed E-state index contributed by atoms with van der Waals surface area (Å²) in [6.07, 6.45) is -0.726. The molecule has 0 aromatic heterocycles. The summed E-state index contributed by atoms with van der Waals surface area (Å²) in [5.41, 5.74) is -2.27. The van der Waals surface area contributed by atoms with Crippen LogP contribution in [0.4, 0.5) is 13.6 Å². The molecule has 1 aliphatic rings. The van der Waals surface area contributed by atoms with E-state index >= 15 is 4.39 Å². The van der Waals surface area contributed by atoms with Gasteiger partial charge in [-0.3, -0.25) is 9.79 Å². The Balaban J connectivity index is 2.65. The number of methoxy groups -OCH3 is 1. The molecule has 1 aliphatic heterocycles. The van der Waals surface area contributed by atoms with Crippen LogP contribution in [0.5, 0.6) is 0 Å². The second-order valence-electron chi connectivity index (χ2n) is 11.8. The first-order valence-electron chi connectivity index (χ1n) is 12.3. The minimum absolute atomic E-state index is 0.0308. The molecule has 1 aromatic rings. The van der Waals surface area contributed by atoms with Crippen molar-refractivity contribution < 1.29 is 32.6 Å². The maximum absolute atomic E-state index is 15.1. The van der Waals surface area contributed by atoms with Crippen molar-refractivity contribution in [1.29, 1.82) is 0 Å². The largest absolute Gasteiger partial charge is 0.468 e. The Morgan fingerprint density at radius 3 is 2.35 bits per heavy atom. The number of amidine groups is 1. The van der Waals surface area contributed by atoms with E-state index in [2.05, 4.69) is 19.6 Å². The number of nitrogens with zero attached hydrogens (tertiary/aromatic N) is 2. The Labute approximate surface area is 224 Å². The third-order valence-corrected chi connectivity index (χ3v) is 9.59. The van der Waals surface area contributed by atoms with E-state index in [1.807, 2.05) is 0 Å². The monoisotopic (exact) mass is 558 g/mol. The van der Waals surface area contributed by atoms with Gasteiger partial charge in [0.1, 0.15) is 17.1 Å². The van der Waals surface area contributed by atoms with Crippen molar-refractivity contribution >= 4 is 37.1 Å². The summed E-state index contributed by atoms with van der Waals surface area (Å²) in [6, 6.07) is 4.72. The maximum atomic E-state index is 15.1. The number of esters is 1. The molecule has 3 atom stereocenters. The molecule has 37 heavy (non-hydrogen) atoms. The lowest BCUT2D eigenvalue weighted by Gasteiger charge is -2.47. The number of rotatable bonds is 7. The zero-order chi connectivity index (χ0) is 28.4. The first kappa shape index (κ1) is 31.2. The average molecular weight is 559 g/mol. The van der Waals surface area contributed by atoms with E-state index in [0.29, 0.717) is 6.61 Å².